The molecule has 0 aliphatic carbocycles. The van der Waals surface area contributed by atoms with Crippen molar-refractivity contribution in [3.05, 3.63) is 67.7 Å². The van der Waals surface area contributed by atoms with Crippen molar-refractivity contribution < 1.29 is 4.39 Å². The summed E-state index contributed by atoms with van der Waals surface area (Å²) in [6, 6.07) is 5.54. The van der Waals surface area contributed by atoms with Crippen LogP contribution in [0.25, 0.3) is 0 Å². The van der Waals surface area contributed by atoms with Gasteiger partial charge < -0.3 is 5.73 Å². The van der Waals surface area contributed by atoms with Gasteiger partial charge >= 0.3 is 5.69 Å². The molecular weight excluding hydrogens is 285 g/mol. The molecule has 1 aromatic heterocycles. The Morgan fingerprint density at radius 1 is 1.25 bits per heavy atom. The standard InChI is InChI=1S/C13H13ClFN3O2/c14-10-2-1-3-11(15)9(10)8-17-6-4-12(19)18(7-5-16)13(17)20/h1-4,6H,5,7-8,16H2. The third-order valence-corrected chi connectivity index (χ3v) is 3.24. The maximum absolute atomic E-state index is 13.7. The van der Waals surface area contributed by atoms with Gasteiger partial charge in [-0.1, -0.05) is 17.7 Å². The minimum Gasteiger partial charge on any atom is -0.329 e. The number of nitrogens with two attached hydrogens (primary N) is 1. The topological polar surface area (TPSA) is 70.0 Å². The van der Waals surface area contributed by atoms with E-state index in [1.807, 2.05) is 0 Å². The Morgan fingerprint density at radius 2 is 2.00 bits per heavy atom. The summed E-state index contributed by atoms with van der Waals surface area (Å²) in [6.07, 6.45) is 1.32. The number of hydrogen-bond donors (Lipinski definition) is 1. The Morgan fingerprint density at radius 3 is 2.65 bits per heavy atom. The summed E-state index contributed by atoms with van der Waals surface area (Å²) in [5, 5.41) is 0.230. The van der Waals surface area contributed by atoms with Crippen LogP contribution in [0.3, 0.4) is 0 Å². The first-order valence-corrected chi connectivity index (χ1v) is 6.35. The number of halogens is 2. The van der Waals surface area contributed by atoms with Crippen molar-refractivity contribution in [1.29, 1.82) is 0 Å². The number of benzene rings is 1. The van der Waals surface area contributed by atoms with Crippen LogP contribution in [0.4, 0.5) is 4.39 Å². The average molecular weight is 298 g/mol. The van der Waals surface area contributed by atoms with Crippen LogP contribution >= 0.6 is 11.6 Å². The molecule has 0 bridgehead atoms. The highest BCUT2D eigenvalue weighted by molar-refractivity contribution is 6.31. The van der Waals surface area contributed by atoms with Gasteiger partial charge in [-0.15, -0.1) is 0 Å². The van der Waals surface area contributed by atoms with Gasteiger partial charge in [0.05, 0.1) is 6.54 Å². The van der Waals surface area contributed by atoms with Gasteiger partial charge in [0, 0.05) is 35.9 Å². The predicted octanol–water partition coefficient (Wildman–Crippen LogP) is 0.809. The molecule has 5 nitrogen and oxygen atoms in total. The molecule has 0 saturated heterocycles. The van der Waals surface area contributed by atoms with Crippen LogP contribution in [-0.4, -0.2) is 15.7 Å². The van der Waals surface area contributed by atoms with E-state index in [1.165, 1.54) is 29.0 Å². The average Bonchev–Trinajstić information content (AvgIpc) is 2.41. The largest absolute Gasteiger partial charge is 0.331 e. The molecule has 0 amide bonds. The second kappa shape index (κ2) is 6.02. The first-order chi connectivity index (χ1) is 9.54. The lowest BCUT2D eigenvalue weighted by atomic mass is 10.2. The predicted molar refractivity (Wildman–Crippen MR) is 74.5 cm³/mol. The summed E-state index contributed by atoms with van der Waals surface area (Å²) in [4.78, 5) is 23.7. The highest BCUT2D eigenvalue weighted by Crippen LogP contribution is 2.19. The van der Waals surface area contributed by atoms with Crippen LogP contribution in [0.15, 0.2) is 40.1 Å². The summed E-state index contributed by atoms with van der Waals surface area (Å²) in [7, 11) is 0. The molecule has 20 heavy (non-hydrogen) atoms. The zero-order valence-electron chi connectivity index (χ0n) is 10.6. The van der Waals surface area contributed by atoms with Crippen molar-refractivity contribution >= 4 is 11.6 Å². The third-order valence-electron chi connectivity index (χ3n) is 2.88. The van der Waals surface area contributed by atoms with Crippen LogP contribution < -0.4 is 17.0 Å². The highest BCUT2D eigenvalue weighted by Gasteiger charge is 2.10. The fourth-order valence-corrected chi connectivity index (χ4v) is 2.09. The van der Waals surface area contributed by atoms with Gasteiger partial charge in [0.1, 0.15) is 5.82 Å². The highest BCUT2D eigenvalue weighted by atomic mass is 35.5. The molecule has 0 unspecified atom stereocenters. The number of rotatable bonds is 4. The second-order valence-electron chi connectivity index (χ2n) is 4.20. The van der Waals surface area contributed by atoms with Crippen molar-refractivity contribution in [2.45, 2.75) is 13.1 Å². The maximum Gasteiger partial charge on any atom is 0.331 e. The number of hydrogen-bond acceptors (Lipinski definition) is 3. The minimum absolute atomic E-state index is 0.0464. The molecule has 2 rings (SSSR count). The summed E-state index contributed by atoms with van der Waals surface area (Å²) >= 11 is 5.92. The Kier molecular flexibility index (Phi) is 4.36. The zero-order chi connectivity index (χ0) is 14.7. The lowest BCUT2D eigenvalue weighted by Crippen LogP contribution is -2.40. The first-order valence-electron chi connectivity index (χ1n) is 5.98. The van der Waals surface area contributed by atoms with Crippen LogP contribution in [0.5, 0.6) is 0 Å². The van der Waals surface area contributed by atoms with E-state index < -0.39 is 17.1 Å². The van der Waals surface area contributed by atoms with Crippen LogP contribution in [-0.2, 0) is 13.1 Å². The number of nitrogens with zero attached hydrogens (tertiary/aromatic N) is 2. The summed E-state index contributed by atoms with van der Waals surface area (Å²) < 4.78 is 15.9. The quantitative estimate of drug-likeness (QED) is 0.908. The van der Waals surface area contributed by atoms with E-state index in [0.717, 1.165) is 4.57 Å². The summed E-state index contributed by atoms with van der Waals surface area (Å²) in [5.74, 6) is -0.499. The normalized spacial score (nSPS) is 10.8. The van der Waals surface area contributed by atoms with E-state index >= 15 is 0 Å². The first kappa shape index (κ1) is 14.5. The molecule has 0 saturated carbocycles. The maximum atomic E-state index is 13.7. The van der Waals surface area contributed by atoms with E-state index in [9.17, 15) is 14.0 Å². The van der Waals surface area contributed by atoms with Gasteiger partial charge in [0.2, 0.25) is 0 Å². The van der Waals surface area contributed by atoms with E-state index in [1.54, 1.807) is 6.07 Å². The van der Waals surface area contributed by atoms with Crippen LogP contribution in [0.2, 0.25) is 5.02 Å². The molecule has 0 fully saturated rings. The number of aromatic nitrogens is 2. The molecule has 106 valence electrons. The van der Waals surface area contributed by atoms with Gasteiger partial charge in [-0.2, -0.15) is 0 Å². The van der Waals surface area contributed by atoms with Crippen molar-refractivity contribution in [2.75, 3.05) is 6.54 Å². The lowest BCUT2D eigenvalue weighted by molar-refractivity contribution is 0.559. The molecule has 1 heterocycles. The summed E-state index contributed by atoms with van der Waals surface area (Å²) in [5.41, 5.74) is 4.59. The molecular formula is C13H13ClFN3O2. The molecule has 0 radical (unpaired) electrons. The Hall–Kier alpha value is -1.92. The molecule has 7 heteroatoms. The van der Waals surface area contributed by atoms with Crippen molar-refractivity contribution in [3.8, 4) is 0 Å². The van der Waals surface area contributed by atoms with E-state index in [2.05, 4.69) is 0 Å². The fourth-order valence-electron chi connectivity index (χ4n) is 1.87. The zero-order valence-corrected chi connectivity index (χ0v) is 11.3. The van der Waals surface area contributed by atoms with Gasteiger partial charge in [-0.3, -0.25) is 13.9 Å². The van der Waals surface area contributed by atoms with Gasteiger partial charge in [-0.05, 0) is 12.1 Å². The van der Waals surface area contributed by atoms with Crippen LogP contribution in [0, 0.1) is 5.82 Å². The fraction of sp³-hybridized carbons (Fsp3) is 0.231. The Labute approximate surface area is 119 Å². The SMILES string of the molecule is NCCn1c(=O)ccn(Cc2c(F)cccc2Cl)c1=O. The summed E-state index contributed by atoms with van der Waals surface area (Å²) in [6.45, 7) is 0.234. The molecule has 2 aromatic rings. The van der Waals surface area contributed by atoms with Gasteiger partial charge in [-0.25, -0.2) is 9.18 Å². The van der Waals surface area contributed by atoms with Crippen molar-refractivity contribution in [3.63, 3.8) is 0 Å². The van der Waals surface area contributed by atoms with Crippen molar-refractivity contribution in [1.82, 2.24) is 9.13 Å². The van der Waals surface area contributed by atoms with Gasteiger partial charge in [0.15, 0.2) is 0 Å². The molecule has 1 aromatic carbocycles. The Bertz CT molecular complexity index is 719. The molecule has 0 aliphatic rings. The third kappa shape index (κ3) is 2.81. The van der Waals surface area contributed by atoms with Crippen molar-refractivity contribution in [2.24, 2.45) is 5.73 Å². The molecule has 2 N–H and O–H groups in total. The van der Waals surface area contributed by atoms with E-state index in [0.29, 0.717) is 0 Å². The smallest absolute Gasteiger partial charge is 0.329 e. The molecule has 0 aliphatic heterocycles. The lowest BCUT2D eigenvalue weighted by Gasteiger charge is -2.10. The van der Waals surface area contributed by atoms with E-state index in [4.69, 9.17) is 17.3 Å². The van der Waals surface area contributed by atoms with E-state index in [-0.39, 0.29) is 30.2 Å². The monoisotopic (exact) mass is 297 g/mol. The van der Waals surface area contributed by atoms with Crippen LogP contribution in [0.1, 0.15) is 5.56 Å². The second-order valence-corrected chi connectivity index (χ2v) is 4.61. The molecule has 0 atom stereocenters. The molecule has 0 spiro atoms. The van der Waals surface area contributed by atoms with Gasteiger partial charge in [0.25, 0.3) is 5.56 Å². The Balaban J connectivity index is 2.48. The minimum atomic E-state index is -0.540.